The average Bonchev–Trinajstić information content (AvgIpc) is 2.67. The number of benzene rings is 1. The lowest BCUT2D eigenvalue weighted by atomic mass is 10.00. The highest BCUT2D eigenvalue weighted by molar-refractivity contribution is 6.30. The molecule has 0 spiro atoms. The van der Waals surface area contributed by atoms with Gasteiger partial charge in [0.2, 0.25) is 0 Å². The number of pyridine rings is 1. The van der Waals surface area contributed by atoms with Gasteiger partial charge in [0.25, 0.3) is 11.8 Å². The second-order valence-corrected chi connectivity index (χ2v) is 7.17. The zero-order valence-corrected chi connectivity index (χ0v) is 15.5. The van der Waals surface area contributed by atoms with Crippen LogP contribution in [0.2, 0.25) is 5.02 Å². The molecule has 26 heavy (non-hydrogen) atoms. The van der Waals surface area contributed by atoms with Crippen LogP contribution in [0.25, 0.3) is 0 Å². The molecule has 2 aromatic rings. The van der Waals surface area contributed by atoms with Crippen LogP contribution in [-0.2, 0) is 6.54 Å². The number of hydrogen-bond donors (Lipinski definition) is 1. The molecule has 5 nitrogen and oxygen atoms in total. The van der Waals surface area contributed by atoms with Crippen molar-refractivity contribution in [3.05, 3.63) is 64.4 Å². The summed E-state index contributed by atoms with van der Waals surface area (Å²) in [5.41, 5.74) is 1.70. The Kier molecular flexibility index (Phi) is 5.89. The van der Waals surface area contributed by atoms with Crippen molar-refractivity contribution in [2.45, 2.75) is 26.3 Å². The fourth-order valence-electron chi connectivity index (χ4n) is 3.11. The molecule has 1 aliphatic rings. The van der Waals surface area contributed by atoms with Gasteiger partial charge in [-0.2, -0.15) is 0 Å². The first-order chi connectivity index (χ1) is 12.5. The zero-order chi connectivity index (χ0) is 18.5. The SMILES string of the molecule is CC1CCCN(C(=O)c2cc(C(=O)NCc3ccc(Cl)cc3)ccn2)C1. The molecule has 136 valence electrons. The van der Waals surface area contributed by atoms with Gasteiger partial charge in [0.1, 0.15) is 5.69 Å². The molecule has 1 aromatic carbocycles. The maximum Gasteiger partial charge on any atom is 0.272 e. The molecular weight excluding hydrogens is 350 g/mol. The van der Waals surface area contributed by atoms with E-state index in [2.05, 4.69) is 17.2 Å². The Balaban J connectivity index is 1.65. The fraction of sp³-hybridized carbons (Fsp3) is 0.350. The summed E-state index contributed by atoms with van der Waals surface area (Å²) < 4.78 is 0. The van der Waals surface area contributed by atoms with E-state index in [0.29, 0.717) is 28.7 Å². The number of amides is 2. The quantitative estimate of drug-likeness (QED) is 0.894. The summed E-state index contributed by atoms with van der Waals surface area (Å²) in [7, 11) is 0. The third-order valence-electron chi connectivity index (χ3n) is 4.55. The number of carbonyl (C=O) groups is 2. The Morgan fingerprint density at radius 3 is 2.77 bits per heavy atom. The Labute approximate surface area is 158 Å². The fourth-order valence-corrected chi connectivity index (χ4v) is 3.24. The second-order valence-electron chi connectivity index (χ2n) is 6.74. The number of rotatable bonds is 4. The summed E-state index contributed by atoms with van der Waals surface area (Å²) in [5, 5.41) is 3.51. The summed E-state index contributed by atoms with van der Waals surface area (Å²) in [6.45, 7) is 4.03. The van der Waals surface area contributed by atoms with E-state index < -0.39 is 0 Å². The van der Waals surface area contributed by atoms with E-state index in [-0.39, 0.29) is 11.8 Å². The number of nitrogens with zero attached hydrogens (tertiary/aromatic N) is 2. The molecule has 1 aromatic heterocycles. The van der Waals surface area contributed by atoms with Crippen LogP contribution in [0, 0.1) is 5.92 Å². The number of likely N-dealkylation sites (tertiary alicyclic amines) is 1. The number of halogens is 1. The number of carbonyl (C=O) groups excluding carboxylic acids is 2. The van der Waals surface area contributed by atoms with Crippen molar-refractivity contribution in [3.8, 4) is 0 Å². The van der Waals surface area contributed by atoms with Crippen molar-refractivity contribution in [2.75, 3.05) is 13.1 Å². The average molecular weight is 372 g/mol. The van der Waals surface area contributed by atoms with E-state index in [0.717, 1.165) is 31.5 Å². The van der Waals surface area contributed by atoms with E-state index >= 15 is 0 Å². The van der Waals surface area contributed by atoms with Crippen LogP contribution in [-0.4, -0.2) is 34.8 Å². The van der Waals surface area contributed by atoms with Crippen molar-refractivity contribution in [3.63, 3.8) is 0 Å². The molecule has 0 radical (unpaired) electrons. The lowest BCUT2D eigenvalue weighted by molar-refractivity contribution is 0.0677. The highest BCUT2D eigenvalue weighted by atomic mass is 35.5. The molecule has 2 heterocycles. The van der Waals surface area contributed by atoms with E-state index in [1.54, 1.807) is 24.3 Å². The maximum atomic E-state index is 12.7. The molecule has 3 rings (SSSR count). The third-order valence-corrected chi connectivity index (χ3v) is 4.80. The van der Waals surface area contributed by atoms with Crippen LogP contribution in [0.1, 0.15) is 46.2 Å². The lowest BCUT2D eigenvalue weighted by Crippen LogP contribution is -2.39. The smallest absolute Gasteiger partial charge is 0.272 e. The monoisotopic (exact) mass is 371 g/mol. The van der Waals surface area contributed by atoms with E-state index in [1.165, 1.54) is 6.20 Å². The van der Waals surface area contributed by atoms with Gasteiger partial charge in [0, 0.05) is 36.4 Å². The Hall–Kier alpha value is -2.40. The van der Waals surface area contributed by atoms with Crippen LogP contribution in [0.5, 0.6) is 0 Å². The Morgan fingerprint density at radius 1 is 1.27 bits per heavy atom. The Morgan fingerprint density at radius 2 is 2.04 bits per heavy atom. The molecule has 1 atom stereocenters. The highest BCUT2D eigenvalue weighted by Crippen LogP contribution is 2.17. The lowest BCUT2D eigenvalue weighted by Gasteiger charge is -2.30. The molecule has 0 aliphatic carbocycles. The van der Waals surface area contributed by atoms with E-state index in [9.17, 15) is 9.59 Å². The van der Waals surface area contributed by atoms with Gasteiger partial charge in [0.05, 0.1) is 0 Å². The van der Waals surface area contributed by atoms with Crippen molar-refractivity contribution < 1.29 is 9.59 Å². The number of hydrogen-bond acceptors (Lipinski definition) is 3. The molecule has 6 heteroatoms. The van der Waals surface area contributed by atoms with Crippen LogP contribution in [0.3, 0.4) is 0 Å². The standard InChI is InChI=1S/C20H22ClN3O2/c1-14-3-2-10-24(13-14)20(26)18-11-16(8-9-22-18)19(25)23-12-15-4-6-17(21)7-5-15/h4-9,11,14H,2-3,10,12-13H2,1H3,(H,23,25). The van der Waals surface area contributed by atoms with Crippen molar-refractivity contribution >= 4 is 23.4 Å². The Bertz CT molecular complexity index is 792. The molecule has 0 saturated carbocycles. The summed E-state index contributed by atoms with van der Waals surface area (Å²) in [6.07, 6.45) is 3.66. The summed E-state index contributed by atoms with van der Waals surface area (Å²) in [5.74, 6) is 0.158. The normalized spacial score (nSPS) is 17.0. The number of aromatic nitrogens is 1. The van der Waals surface area contributed by atoms with E-state index in [4.69, 9.17) is 11.6 Å². The first kappa shape index (κ1) is 18.4. The molecule has 1 fully saturated rings. The molecule has 1 saturated heterocycles. The molecular formula is C20H22ClN3O2. The van der Waals surface area contributed by atoms with Crippen LogP contribution in [0.15, 0.2) is 42.6 Å². The van der Waals surface area contributed by atoms with Gasteiger partial charge in [-0.05, 0) is 48.6 Å². The third kappa shape index (κ3) is 4.61. The van der Waals surface area contributed by atoms with Crippen LogP contribution in [0.4, 0.5) is 0 Å². The number of nitrogens with one attached hydrogen (secondary N) is 1. The van der Waals surface area contributed by atoms with Crippen molar-refractivity contribution in [1.29, 1.82) is 0 Å². The number of piperidine rings is 1. The van der Waals surface area contributed by atoms with Gasteiger partial charge in [-0.3, -0.25) is 14.6 Å². The summed E-state index contributed by atoms with van der Waals surface area (Å²) in [4.78, 5) is 31.0. The molecule has 1 unspecified atom stereocenters. The van der Waals surface area contributed by atoms with Crippen LogP contribution >= 0.6 is 11.6 Å². The summed E-state index contributed by atoms with van der Waals surface area (Å²) >= 11 is 5.86. The van der Waals surface area contributed by atoms with Gasteiger partial charge < -0.3 is 10.2 Å². The van der Waals surface area contributed by atoms with Crippen molar-refractivity contribution in [1.82, 2.24) is 15.2 Å². The van der Waals surface area contributed by atoms with Gasteiger partial charge in [-0.1, -0.05) is 30.7 Å². The summed E-state index contributed by atoms with van der Waals surface area (Å²) in [6, 6.07) is 10.5. The predicted molar refractivity (Wildman–Crippen MR) is 101 cm³/mol. The van der Waals surface area contributed by atoms with Gasteiger partial charge in [-0.25, -0.2) is 0 Å². The first-order valence-electron chi connectivity index (χ1n) is 8.81. The minimum absolute atomic E-state index is 0.107. The van der Waals surface area contributed by atoms with Gasteiger partial charge in [0.15, 0.2) is 0 Å². The topological polar surface area (TPSA) is 62.3 Å². The van der Waals surface area contributed by atoms with Crippen LogP contribution < -0.4 is 5.32 Å². The van der Waals surface area contributed by atoms with Crippen molar-refractivity contribution in [2.24, 2.45) is 5.92 Å². The highest BCUT2D eigenvalue weighted by Gasteiger charge is 2.23. The molecule has 0 bridgehead atoms. The minimum Gasteiger partial charge on any atom is -0.348 e. The van der Waals surface area contributed by atoms with E-state index in [1.807, 2.05) is 17.0 Å². The predicted octanol–water partition coefficient (Wildman–Crippen LogP) is 3.54. The first-order valence-corrected chi connectivity index (χ1v) is 9.18. The van der Waals surface area contributed by atoms with Gasteiger partial charge >= 0.3 is 0 Å². The second kappa shape index (κ2) is 8.32. The molecule has 1 N–H and O–H groups in total. The maximum absolute atomic E-state index is 12.7. The van der Waals surface area contributed by atoms with Gasteiger partial charge in [-0.15, -0.1) is 0 Å². The largest absolute Gasteiger partial charge is 0.348 e. The molecule has 1 aliphatic heterocycles. The molecule has 2 amide bonds. The minimum atomic E-state index is -0.233. The zero-order valence-electron chi connectivity index (χ0n) is 14.7.